The minimum Gasteiger partial charge on any atom is -0.494 e. The number of aryl methyl sites for hydroxylation is 1. The average Bonchev–Trinajstić information content (AvgIpc) is 2.84. The van der Waals surface area contributed by atoms with Gasteiger partial charge in [0.25, 0.3) is 0 Å². The first-order valence-corrected chi connectivity index (χ1v) is 7.17. The van der Waals surface area contributed by atoms with E-state index in [1.807, 2.05) is 6.07 Å². The Morgan fingerprint density at radius 1 is 1.16 bits per heavy atom. The van der Waals surface area contributed by atoms with E-state index in [0.717, 1.165) is 44.6 Å². The summed E-state index contributed by atoms with van der Waals surface area (Å²) in [6.07, 6.45) is 6.25. The lowest BCUT2D eigenvalue weighted by atomic mass is 10.2. The zero-order valence-corrected chi connectivity index (χ0v) is 11.6. The van der Waals surface area contributed by atoms with Gasteiger partial charge in [0.2, 0.25) is 0 Å². The Morgan fingerprint density at radius 3 is 2.84 bits per heavy atom. The lowest BCUT2D eigenvalue weighted by Crippen LogP contribution is -1.97. The Balaban J connectivity index is 2.02. The Kier molecular flexibility index (Phi) is 5.28. The molecule has 19 heavy (non-hydrogen) atoms. The molecule has 104 valence electrons. The average molecular weight is 261 g/mol. The quantitative estimate of drug-likeness (QED) is 0.737. The number of rotatable bonds is 8. The highest BCUT2D eigenvalue weighted by atomic mass is 16.5. The lowest BCUT2D eigenvalue weighted by molar-refractivity contribution is 0.282. The SMILES string of the molecule is CCCOc1ccc2c(ccn2CCCCCO)c1. The summed E-state index contributed by atoms with van der Waals surface area (Å²) >= 11 is 0. The first-order chi connectivity index (χ1) is 9.35. The molecule has 1 aromatic carbocycles. The van der Waals surface area contributed by atoms with Gasteiger partial charge in [-0.25, -0.2) is 0 Å². The molecule has 1 N–H and O–H groups in total. The van der Waals surface area contributed by atoms with Crippen LogP contribution in [0.2, 0.25) is 0 Å². The third kappa shape index (κ3) is 3.74. The predicted octanol–water partition coefficient (Wildman–Crippen LogP) is 3.59. The van der Waals surface area contributed by atoms with Crippen molar-refractivity contribution in [2.24, 2.45) is 0 Å². The van der Waals surface area contributed by atoms with Crippen LogP contribution < -0.4 is 4.74 Å². The van der Waals surface area contributed by atoms with Crippen molar-refractivity contribution in [3.05, 3.63) is 30.5 Å². The maximum absolute atomic E-state index is 8.78. The normalized spacial score (nSPS) is 11.1. The Bertz CT molecular complexity index is 504. The van der Waals surface area contributed by atoms with Crippen LogP contribution in [-0.2, 0) is 6.54 Å². The van der Waals surface area contributed by atoms with Crippen molar-refractivity contribution in [2.45, 2.75) is 39.2 Å². The maximum atomic E-state index is 8.78. The Labute approximate surface area is 114 Å². The summed E-state index contributed by atoms with van der Waals surface area (Å²) in [6, 6.07) is 8.42. The van der Waals surface area contributed by atoms with Crippen molar-refractivity contribution in [2.75, 3.05) is 13.2 Å². The number of hydrogen-bond donors (Lipinski definition) is 1. The highest BCUT2D eigenvalue weighted by Crippen LogP contribution is 2.22. The number of nitrogens with zero attached hydrogens (tertiary/aromatic N) is 1. The molecule has 3 heteroatoms. The van der Waals surface area contributed by atoms with Crippen LogP contribution in [0.15, 0.2) is 30.5 Å². The molecule has 0 aliphatic rings. The van der Waals surface area contributed by atoms with Crippen LogP contribution in [0.1, 0.15) is 32.6 Å². The van der Waals surface area contributed by atoms with Gasteiger partial charge in [0.05, 0.1) is 6.61 Å². The van der Waals surface area contributed by atoms with E-state index in [0.29, 0.717) is 6.61 Å². The molecule has 0 amide bonds. The van der Waals surface area contributed by atoms with E-state index in [1.54, 1.807) is 0 Å². The molecule has 3 nitrogen and oxygen atoms in total. The van der Waals surface area contributed by atoms with Crippen LogP contribution in [0.5, 0.6) is 5.75 Å². The summed E-state index contributed by atoms with van der Waals surface area (Å²) in [5.41, 5.74) is 1.26. The summed E-state index contributed by atoms with van der Waals surface area (Å²) in [6.45, 7) is 4.19. The number of ether oxygens (including phenoxy) is 1. The molecule has 1 heterocycles. The number of hydrogen-bond acceptors (Lipinski definition) is 2. The van der Waals surface area contributed by atoms with Gasteiger partial charge in [-0.05, 0) is 49.9 Å². The Hall–Kier alpha value is -1.48. The third-order valence-electron chi connectivity index (χ3n) is 3.27. The van der Waals surface area contributed by atoms with Crippen LogP contribution in [0.25, 0.3) is 10.9 Å². The van der Waals surface area contributed by atoms with E-state index < -0.39 is 0 Å². The van der Waals surface area contributed by atoms with Crippen LogP contribution in [0.4, 0.5) is 0 Å². The smallest absolute Gasteiger partial charge is 0.120 e. The molecule has 0 bridgehead atoms. The highest BCUT2D eigenvalue weighted by molar-refractivity contribution is 5.81. The minimum atomic E-state index is 0.296. The van der Waals surface area contributed by atoms with E-state index in [2.05, 4.69) is 35.9 Å². The zero-order chi connectivity index (χ0) is 13.5. The zero-order valence-electron chi connectivity index (χ0n) is 11.6. The van der Waals surface area contributed by atoms with Crippen LogP contribution >= 0.6 is 0 Å². The van der Waals surface area contributed by atoms with Crippen molar-refractivity contribution in [3.63, 3.8) is 0 Å². The molecule has 0 aliphatic heterocycles. The standard InChI is InChI=1S/C16H23NO2/c1-2-12-19-15-6-7-16-14(13-15)8-10-17(16)9-4-3-5-11-18/h6-8,10,13,18H,2-5,9,11-12H2,1H3. The van der Waals surface area contributed by atoms with Gasteiger partial charge in [-0.2, -0.15) is 0 Å². The number of fused-ring (bicyclic) bond motifs is 1. The summed E-state index contributed by atoms with van der Waals surface area (Å²) < 4.78 is 7.92. The summed E-state index contributed by atoms with van der Waals surface area (Å²) in [5, 5.41) is 10.0. The number of aliphatic hydroxyl groups excluding tert-OH is 1. The molecule has 2 rings (SSSR count). The summed E-state index contributed by atoms with van der Waals surface area (Å²) in [4.78, 5) is 0. The summed E-state index contributed by atoms with van der Waals surface area (Å²) in [7, 11) is 0. The second-order valence-corrected chi connectivity index (χ2v) is 4.86. The first-order valence-electron chi connectivity index (χ1n) is 7.17. The van der Waals surface area contributed by atoms with Crippen LogP contribution in [0.3, 0.4) is 0 Å². The molecular weight excluding hydrogens is 238 g/mol. The fraction of sp³-hybridized carbons (Fsp3) is 0.500. The second-order valence-electron chi connectivity index (χ2n) is 4.86. The molecule has 0 spiro atoms. The fourth-order valence-electron chi connectivity index (χ4n) is 2.25. The molecule has 1 aromatic heterocycles. The lowest BCUT2D eigenvalue weighted by Gasteiger charge is -2.07. The molecule has 0 atom stereocenters. The van der Waals surface area contributed by atoms with E-state index in [9.17, 15) is 0 Å². The second kappa shape index (κ2) is 7.19. The van der Waals surface area contributed by atoms with Crippen LogP contribution in [0, 0.1) is 0 Å². The van der Waals surface area contributed by atoms with E-state index in [-0.39, 0.29) is 0 Å². The minimum absolute atomic E-state index is 0.296. The summed E-state index contributed by atoms with van der Waals surface area (Å²) in [5.74, 6) is 0.951. The van der Waals surface area contributed by atoms with E-state index in [1.165, 1.54) is 10.9 Å². The monoisotopic (exact) mass is 261 g/mol. The Morgan fingerprint density at radius 2 is 2.05 bits per heavy atom. The maximum Gasteiger partial charge on any atom is 0.120 e. The van der Waals surface area contributed by atoms with Gasteiger partial charge in [0.15, 0.2) is 0 Å². The predicted molar refractivity (Wildman–Crippen MR) is 78.7 cm³/mol. The van der Waals surface area contributed by atoms with Crippen LogP contribution in [-0.4, -0.2) is 22.9 Å². The highest BCUT2D eigenvalue weighted by Gasteiger charge is 2.02. The van der Waals surface area contributed by atoms with E-state index >= 15 is 0 Å². The molecule has 0 saturated heterocycles. The number of aromatic nitrogens is 1. The van der Waals surface area contributed by atoms with Crippen molar-refractivity contribution < 1.29 is 9.84 Å². The van der Waals surface area contributed by atoms with Gasteiger partial charge >= 0.3 is 0 Å². The van der Waals surface area contributed by atoms with Gasteiger partial charge < -0.3 is 14.4 Å². The molecule has 0 unspecified atom stereocenters. The largest absolute Gasteiger partial charge is 0.494 e. The molecule has 0 saturated carbocycles. The number of aliphatic hydroxyl groups is 1. The fourth-order valence-corrected chi connectivity index (χ4v) is 2.25. The molecular formula is C16H23NO2. The van der Waals surface area contributed by atoms with Crippen molar-refractivity contribution in [3.8, 4) is 5.75 Å². The van der Waals surface area contributed by atoms with Gasteiger partial charge in [-0.1, -0.05) is 6.92 Å². The molecule has 0 radical (unpaired) electrons. The van der Waals surface area contributed by atoms with Gasteiger partial charge in [0, 0.05) is 30.3 Å². The molecule has 0 aliphatic carbocycles. The van der Waals surface area contributed by atoms with Gasteiger partial charge in [-0.3, -0.25) is 0 Å². The topological polar surface area (TPSA) is 34.4 Å². The third-order valence-corrected chi connectivity index (χ3v) is 3.27. The van der Waals surface area contributed by atoms with Gasteiger partial charge in [0.1, 0.15) is 5.75 Å². The number of benzene rings is 1. The number of unbranched alkanes of at least 4 members (excludes halogenated alkanes) is 2. The van der Waals surface area contributed by atoms with Crippen molar-refractivity contribution in [1.82, 2.24) is 4.57 Å². The molecule has 0 fully saturated rings. The molecule has 2 aromatic rings. The van der Waals surface area contributed by atoms with Gasteiger partial charge in [-0.15, -0.1) is 0 Å². The van der Waals surface area contributed by atoms with Crippen molar-refractivity contribution in [1.29, 1.82) is 0 Å². The first kappa shape index (κ1) is 13.9. The van der Waals surface area contributed by atoms with E-state index in [4.69, 9.17) is 9.84 Å². The van der Waals surface area contributed by atoms with Crippen molar-refractivity contribution >= 4 is 10.9 Å².